The van der Waals surface area contributed by atoms with Gasteiger partial charge in [0, 0.05) is 4.47 Å². The first-order chi connectivity index (χ1) is 9.45. The van der Waals surface area contributed by atoms with E-state index < -0.39 is 12.0 Å². The lowest BCUT2D eigenvalue weighted by Crippen LogP contribution is -2.41. The van der Waals surface area contributed by atoms with Gasteiger partial charge in [0.2, 0.25) is 5.91 Å². The van der Waals surface area contributed by atoms with Crippen LogP contribution in [0.2, 0.25) is 0 Å². The normalized spacial score (nSPS) is 11.9. The van der Waals surface area contributed by atoms with Crippen LogP contribution in [0.4, 0.5) is 0 Å². The first kappa shape index (κ1) is 16.7. The molecule has 1 aromatic carbocycles. The van der Waals surface area contributed by atoms with Gasteiger partial charge in [0.15, 0.2) is 0 Å². The van der Waals surface area contributed by atoms with Gasteiger partial charge in [0.05, 0.1) is 6.42 Å². The highest BCUT2D eigenvalue weighted by Gasteiger charge is 2.19. The Morgan fingerprint density at radius 3 is 2.70 bits per heavy atom. The number of benzene rings is 1. The summed E-state index contributed by atoms with van der Waals surface area (Å²) >= 11 is 3.42. The molecule has 4 nitrogen and oxygen atoms in total. The first-order valence-corrected chi connectivity index (χ1v) is 7.51. The number of carbonyl (C=O) groups excluding carboxylic acids is 1. The number of aliphatic carboxylic acids is 1. The fourth-order valence-electron chi connectivity index (χ4n) is 1.93. The molecule has 0 aliphatic rings. The van der Waals surface area contributed by atoms with Crippen LogP contribution in [0, 0.1) is 6.92 Å². The summed E-state index contributed by atoms with van der Waals surface area (Å²) in [6.07, 6.45) is 2.35. The van der Waals surface area contributed by atoms with E-state index in [2.05, 4.69) is 21.2 Å². The van der Waals surface area contributed by atoms with Gasteiger partial charge in [-0.3, -0.25) is 4.79 Å². The molecule has 0 unspecified atom stereocenters. The van der Waals surface area contributed by atoms with Crippen molar-refractivity contribution in [2.24, 2.45) is 0 Å². The van der Waals surface area contributed by atoms with Crippen molar-refractivity contribution >= 4 is 27.8 Å². The molecule has 0 aromatic heterocycles. The molecule has 0 saturated carbocycles. The van der Waals surface area contributed by atoms with Crippen molar-refractivity contribution < 1.29 is 14.7 Å². The van der Waals surface area contributed by atoms with E-state index in [0.29, 0.717) is 6.42 Å². The third-order valence-corrected chi connectivity index (χ3v) is 4.07. The molecule has 0 saturated heterocycles. The number of carbonyl (C=O) groups is 2. The Morgan fingerprint density at radius 2 is 2.10 bits per heavy atom. The number of carboxylic acid groups (broad SMARTS) is 1. The van der Waals surface area contributed by atoms with Gasteiger partial charge in [-0.15, -0.1) is 0 Å². The van der Waals surface area contributed by atoms with Crippen LogP contribution in [-0.4, -0.2) is 23.0 Å². The van der Waals surface area contributed by atoms with E-state index in [9.17, 15) is 9.59 Å². The van der Waals surface area contributed by atoms with Crippen molar-refractivity contribution in [3.05, 3.63) is 33.8 Å². The van der Waals surface area contributed by atoms with Crippen molar-refractivity contribution in [2.75, 3.05) is 0 Å². The minimum Gasteiger partial charge on any atom is -0.480 e. The topological polar surface area (TPSA) is 66.4 Å². The molecule has 1 amide bonds. The number of hydrogen-bond acceptors (Lipinski definition) is 2. The third-order valence-electron chi connectivity index (χ3n) is 3.21. The number of unbranched alkanes of at least 4 members (excludes halogenated alkanes) is 1. The average molecular weight is 342 g/mol. The van der Waals surface area contributed by atoms with Crippen LogP contribution in [0.5, 0.6) is 0 Å². The van der Waals surface area contributed by atoms with Crippen LogP contribution in [0.15, 0.2) is 22.7 Å². The zero-order valence-corrected chi connectivity index (χ0v) is 13.4. The zero-order valence-electron chi connectivity index (χ0n) is 11.8. The molecule has 110 valence electrons. The van der Waals surface area contributed by atoms with Crippen LogP contribution in [0.3, 0.4) is 0 Å². The fourth-order valence-corrected chi connectivity index (χ4v) is 2.33. The Bertz CT molecular complexity index is 488. The molecule has 2 N–H and O–H groups in total. The molecule has 1 atom stereocenters. The van der Waals surface area contributed by atoms with Crippen LogP contribution in [-0.2, 0) is 16.0 Å². The van der Waals surface area contributed by atoms with E-state index in [0.717, 1.165) is 28.4 Å². The summed E-state index contributed by atoms with van der Waals surface area (Å²) in [5, 5.41) is 11.7. The number of carboxylic acids is 1. The maximum atomic E-state index is 12.0. The molecule has 0 aliphatic heterocycles. The molecule has 5 heteroatoms. The van der Waals surface area contributed by atoms with Gasteiger partial charge in [-0.25, -0.2) is 4.79 Å². The maximum Gasteiger partial charge on any atom is 0.326 e. The van der Waals surface area contributed by atoms with Gasteiger partial charge in [-0.2, -0.15) is 0 Å². The second kappa shape index (κ2) is 8.04. The molecule has 0 radical (unpaired) electrons. The van der Waals surface area contributed by atoms with Crippen molar-refractivity contribution in [2.45, 2.75) is 45.6 Å². The Balaban J connectivity index is 2.66. The van der Waals surface area contributed by atoms with Gasteiger partial charge in [-0.05, 0) is 30.5 Å². The van der Waals surface area contributed by atoms with Gasteiger partial charge in [0.1, 0.15) is 6.04 Å². The van der Waals surface area contributed by atoms with E-state index in [1.807, 2.05) is 32.0 Å². The van der Waals surface area contributed by atoms with Crippen molar-refractivity contribution in [3.63, 3.8) is 0 Å². The number of halogens is 1. The second-order valence-corrected chi connectivity index (χ2v) is 5.66. The van der Waals surface area contributed by atoms with Crippen LogP contribution in [0.1, 0.15) is 37.3 Å². The molecule has 1 aromatic rings. The minimum absolute atomic E-state index is 0.196. The van der Waals surface area contributed by atoms with Gasteiger partial charge < -0.3 is 10.4 Å². The molecule has 0 fully saturated rings. The number of nitrogens with one attached hydrogen (secondary N) is 1. The Hall–Kier alpha value is -1.36. The highest BCUT2D eigenvalue weighted by Crippen LogP contribution is 2.19. The summed E-state index contributed by atoms with van der Waals surface area (Å²) in [5.41, 5.74) is 1.90. The van der Waals surface area contributed by atoms with Gasteiger partial charge >= 0.3 is 5.97 Å². The lowest BCUT2D eigenvalue weighted by molar-refractivity contribution is -0.142. The van der Waals surface area contributed by atoms with Crippen molar-refractivity contribution in [3.8, 4) is 0 Å². The van der Waals surface area contributed by atoms with Gasteiger partial charge in [-0.1, -0.05) is 47.8 Å². The van der Waals surface area contributed by atoms with Crippen molar-refractivity contribution in [1.29, 1.82) is 0 Å². The van der Waals surface area contributed by atoms with E-state index in [1.54, 1.807) is 0 Å². The first-order valence-electron chi connectivity index (χ1n) is 6.71. The summed E-state index contributed by atoms with van der Waals surface area (Å²) < 4.78 is 0.948. The molecule has 0 spiro atoms. The lowest BCUT2D eigenvalue weighted by Gasteiger charge is -2.15. The zero-order chi connectivity index (χ0) is 15.1. The monoisotopic (exact) mass is 341 g/mol. The highest BCUT2D eigenvalue weighted by molar-refractivity contribution is 9.10. The summed E-state index contributed by atoms with van der Waals surface area (Å²) in [7, 11) is 0. The SMILES string of the molecule is CCCC[C@H](NC(=O)Cc1cccc(Br)c1C)C(=O)O. The predicted molar refractivity (Wildman–Crippen MR) is 81.7 cm³/mol. The quantitative estimate of drug-likeness (QED) is 0.800. The predicted octanol–water partition coefficient (Wildman–Crippen LogP) is 3.06. The Kier molecular flexibility index (Phi) is 6.71. The highest BCUT2D eigenvalue weighted by atomic mass is 79.9. The summed E-state index contributed by atoms with van der Waals surface area (Å²) in [6.45, 7) is 3.92. The second-order valence-electron chi connectivity index (χ2n) is 4.80. The Morgan fingerprint density at radius 1 is 1.40 bits per heavy atom. The molecule has 20 heavy (non-hydrogen) atoms. The summed E-state index contributed by atoms with van der Waals surface area (Å²) in [4.78, 5) is 23.1. The lowest BCUT2D eigenvalue weighted by atomic mass is 10.0. The van der Waals surface area contributed by atoms with Crippen LogP contribution >= 0.6 is 15.9 Å². The summed E-state index contributed by atoms with van der Waals surface area (Å²) in [6, 6.07) is 4.86. The molecule has 0 aliphatic carbocycles. The van der Waals surface area contributed by atoms with E-state index in [-0.39, 0.29) is 12.3 Å². The number of rotatable bonds is 7. The van der Waals surface area contributed by atoms with Gasteiger partial charge in [0.25, 0.3) is 0 Å². The molecule has 0 bridgehead atoms. The molecular weight excluding hydrogens is 322 g/mol. The van der Waals surface area contributed by atoms with Crippen molar-refractivity contribution in [1.82, 2.24) is 5.32 Å². The largest absolute Gasteiger partial charge is 0.480 e. The Labute approximate surface area is 127 Å². The number of amides is 1. The minimum atomic E-state index is -0.974. The molecule has 0 heterocycles. The van der Waals surface area contributed by atoms with Crippen LogP contribution < -0.4 is 5.32 Å². The molecule has 1 rings (SSSR count). The van der Waals surface area contributed by atoms with Crippen LogP contribution in [0.25, 0.3) is 0 Å². The standard InChI is InChI=1S/C15H20BrNO3/c1-3-4-8-13(15(19)20)17-14(18)9-11-6-5-7-12(16)10(11)2/h5-7,13H,3-4,8-9H2,1-2H3,(H,17,18)(H,19,20)/t13-/m0/s1. The number of hydrogen-bond donors (Lipinski definition) is 2. The molecular formula is C15H20BrNO3. The maximum absolute atomic E-state index is 12.0. The smallest absolute Gasteiger partial charge is 0.326 e. The third kappa shape index (κ3) is 4.96. The average Bonchev–Trinajstić information content (AvgIpc) is 2.39. The van der Waals surface area contributed by atoms with E-state index in [1.165, 1.54) is 0 Å². The fraction of sp³-hybridized carbons (Fsp3) is 0.467. The van der Waals surface area contributed by atoms with E-state index >= 15 is 0 Å². The summed E-state index contributed by atoms with van der Waals surface area (Å²) in [5.74, 6) is -1.23. The van der Waals surface area contributed by atoms with E-state index in [4.69, 9.17) is 5.11 Å².